The highest BCUT2D eigenvalue weighted by Crippen LogP contribution is 2.39. The van der Waals surface area contributed by atoms with E-state index in [2.05, 4.69) is 25.9 Å². The summed E-state index contributed by atoms with van der Waals surface area (Å²) in [6.45, 7) is 4.24. The number of H-pyrrole nitrogens is 1. The van der Waals surface area contributed by atoms with Crippen molar-refractivity contribution in [3.8, 4) is 17.1 Å². The molecular formula is C27H27N5O4S. The van der Waals surface area contributed by atoms with Gasteiger partial charge < -0.3 is 14.8 Å². The first kappa shape index (κ1) is 25.9. The summed E-state index contributed by atoms with van der Waals surface area (Å²) in [6, 6.07) is 20.2. The van der Waals surface area contributed by atoms with Gasteiger partial charge >= 0.3 is 5.97 Å². The fourth-order valence-corrected chi connectivity index (χ4v) is 4.60. The van der Waals surface area contributed by atoms with Crippen LogP contribution in [0, 0.1) is 6.92 Å². The summed E-state index contributed by atoms with van der Waals surface area (Å²) >= 11 is 1.51. The van der Waals surface area contributed by atoms with Crippen molar-refractivity contribution in [2.24, 2.45) is 0 Å². The third-order valence-corrected chi connectivity index (χ3v) is 6.54. The zero-order valence-electron chi connectivity index (χ0n) is 20.6. The molecule has 1 amide bonds. The molecule has 0 aliphatic carbocycles. The summed E-state index contributed by atoms with van der Waals surface area (Å²) in [5.41, 5.74) is 3.07. The molecule has 1 aromatic heterocycles. The lowest BCUT2D eigenvalue weighted by Gasteiger charge is -2.14. The number of aromatic amines is 1. The molecule has 0 bridgehead atoms. The summed E-state index contributed by atoms with van der Waals surface area (Å²) in [5.74, 6) is 0.385. The van der Waals surface area contributed by atoms with Crippen LogP contribution in [-0.2, 0) is 9.53 Å². The number of ether oxygens (including phenoxy) is 2. The van der Waals surface area contributed by atoms with Crippen molar-refractivity contribution in [1.82, 2.24) is 20.6 Å². The maximum absolute atomic E-state index is 13.0. The highest BCUT2D eigenvalue weighted by atomic mass is 32.2. The summed E-state index contributed by atoms with van der Waals surface area (Å²) in [5, 5.41) is 17.3. The SMILES string of the molecule is CCCCOC(=O)COc1ccc(C(=O)Nc2ccccc2Sc2cccc(C)c2-c2nnn[nH]2)cc1. The Labute approximate surface area is 219 Å². The number of esters is 1. The highest BCUT2D eigenvalue weighted by molar-refractivity contribution is 7.99. The summed E-state index contributed by atoms with van der Waals surface area (Å²) in [6.07, 6.45) is 1.77. The van der Waals surface area contributed by atoms with E-state index in [1.54, 1.807) is 24.3 Å². The lowest BCUT2D eigenvalue weighted by molar-refractivity contribution is -0.146. The first-order chi connectivity index (χ1) is 18.0. The maximum Gasteiger partial charge on any atom is 0.344 e. The van der Waals surface area contributed by atoms with Crippen LogP contribution in [0.4, 0.5) is 5.69 Å². The van der Waals surface area contributed by atoms with E-state index < -0.39 is 5.97 Å². The standard InChI is InChI=1S/C27H27N5O4S/c1-3-4-16-35-24(33)17-36-20-14-12-19(13-15-20)27(34)28-21-9-5-6-10-22(21)37-23-11-7-8-18(2)25(23)26-29-31-32-30-26/h5-15H,3-4,16-17H2,1-2H3,(H,28,34)(H,29,30,31,32). The molecule has 4 rings (SSSR count). The van der Waals surface area contributed by atoms with Crippen LogP contribution in [0.15, 0.2) is 76.5 Å². The Balaban J connectivity index is 1.42. The van der Waals surface area contributed by atoms with Gasteiger partial charge in [0.05, 0.1) is 12.3 Å². The van der Waals surface area contributed by atoms with Crippen LogP contribution in [0.5, 0.6) is 5.75 Å². The highest BCUT2D eigenvalue weighted by Gasteiger charge is 2.16. The molecule has 37 heavy (non-hydrogen) atoms. The summed E-state index contributed by atoms with van der Waals surface area (Å²) in [7, 11) is 0. The molecule has 0 spiro atoms. The van der Waals surface area contributed by atoms with Gasteiger partial charge in [0, 0.05) is 20.9 Å². The minimum absolute atomic E-state index is 0.176. The number of aromatic nitrogens is 4. The van der Waals surface area contributed by atoms with Crippen LogP contribution in [-0.4, -0.2) is 45.7 Å². The Morgan fingerprint density at radius 2 is 1.78 bits per heavy atom. The number of tetrazole rings is 1. The molecule has 0 atom stereocenters. The van der Waals surface area contributed by atoms with E-state index in [-0.39, 0.29) is 12.5 Å². The Morgan fingerprint density at radius 3 is 2.54 bits per heavy atom. The number of rotatable bonds is 11. The number of para-hydroxylation sites is 1. The van der Waals surface area contributed by atoms with Crippen LogP contribution < -0.4 is 10.1 Å². The van der Waals surface area contributed by atoms with Gasteiger partial charge in [-0.3, -0.25) is 4.79 Å². The number of aryl methyl sites for hydroxylation is 1. The number of benzene rings is 3. The fraction of sp³-hybridized carbons (Fsp3) is 0.222. The Hall–Kier alpha value is -4.18. The molecular weight excluding hydrogens is 490 g/mol. The van der Waals surface area contributed by atoms with Crippen molar-refractivity contribution in [1.29, 1.82) is 0 Å². The van der Waals surface area contributed by atoms with Gasteiger partial charge in [0.25, 0.3) is 5.91 Å². The van der Waals surface area contributed by atoms with Crippen molar-refractivity contribution < 1.29 is 19.1 Å². The molecule has 9 nitrogen and oxygen atoms in total. The van der Waals surface area contributed by atoms with Gasteiger partial charge in [0.15, 0.2) is 12.4 Å². The molecule has 0 radical (unpaired) electrons. The molecule has 0 saturated heterocycles. The van der Waals surface area contributed by atoms with Gasteiger partial charge in [-0.2, -0.15) is 0 Å². The van der Waals surface area contributed by atoms with Gasteiger partial charge in [-0.15, -0.1) is 5.10 Å². The van der Waals surface area contributed by atoms with Gasteiger partial charge in [-0.1, -0.05) is 49.4 Å². The summed E-state index contributed by atoms with van der Waals surface area (Å²) in [4.78, 5) is 26.5. The third-order valence-electron chi connectivity index (χ3n) is 5.41. The second kappa shape index (κ2) is 12.7. The topological polar surface area (TPSA) is 119 Å². The van der Waals surface area contributed by atoms with Crippen LogP contribution in [0.1, 0.15) is 35.7 Å². The second-order valence-corrected chi connectivity index (χ2v) is 9.22. The number of hydrogen-bond donors (Lipinski definition) is 2. The quantitative estimate of drug-likeness (QED) is 0.203. The molecule has 4 aromatic rings. The molecule has 0 aliphatic heterocycles. The number of carbonyl (C=O) groups excluding carboxylic acids is 2. The number of nitrogens with zero attached hydrogens (tertiary/aromatic N) is 3. The van der Waals surface area contributed by atoms with Gasteiger partial charge in [-0.05, 0) is 71.8 Å². The molecule has 1 heterocycles. The summed E-state index contributed by atoms with van der Waals surface area (Å²) < 4.78 is 10.5. The Kier molecular flexibility index (Phi) is 8.88. The molecule has 0 fully saturated rings. The lowest BCUT2D eigenvalue weighted by atomic mass is 10.1. The van der Waals surface area contributed by atoms with Gasteiger partial charge in [0.1, 0.15) is 5.75 Å². The molecule has 190 valence electrons. The Morgan fingerprint density at radius 1 is 1.00 bits per heavy atom. The zero-order chi connectivity index (χ0) is 26.0. The van der Waals surface area contributed by atoms with E-state index in [4.69, 9.17) is 9.47 Å². The van der Waals surface area contributed by atoms with E-state index in [1.807, 2.05) is 56.3 Å². The van der Waals surface area contributed by atoms with Crippen molar-refractivity contribution in [2.75, 3.05) is 18.5 Å². The molecule has 0 unspecified atom stereocenters. The number of hydrogen-bond acceptors (Lipinski definition) is 8. The third kappa shape index (κ3) is 6.95. The second-order valence-electron chi connectivity index (χ2n) is 8.14. The Bertz CT molecular complexity index is 1340. The van der Waals surface area contributed by atoms with E-state index in [0.717, 1.165) is 33.8 Å². The average molecular weight is 518 g/mol. The predicted octanol–water partition coefficient (Wildman–Crippen LogP) is 5.30. The molecule has 10 heteroatoms. The monoisotopic (exact) mass is 517 g/mol. The first-order valence-electron chi connectivity index (χ1n) is 11.9. The average Bonchev–Trinajstić information content (AvgIpc) is 3.43. The number of amides is 1. The first-order valence-corrected chi connectivity index (χ1v) is 12.7. The van der Waals surface area contributed by atoms with Crippen molar-refractivity contribution in [3.63, 3.8) is 0 Å². The minimum atomic E-state index is -0.416. The van der Waals surface area contributed by atoms with Crippen molar-refractivity contribution in [3.05, 3.63) is 77.9 Å². The number of carbonyl (C=O) groups is 2. The number of anilines is 1. The molecule has 0 saturated carbocycles. The van der Waals surface area contributed by atoms with Gasteiger partial charge in [0.2, 0.25) is 0 Å². The van der Waals surface area contributed by atoms with E-state index in [1.165, 1.54) is 11.8 Å². The van der Waals surface area contributed by atoms with E-state index >= 15 is 0 Å². The normalized spacial score (nSPS) is 10.6. The maximum atomic E-state index is 13.0. The molecule has 2 N–H and O–H groups in total. The van der Waals surface area contributed by atoms with E-state index in [0.29, 0.717) is 29.4 Å². The smallest absolute Gasteiger partial charge is 0.344 e. The largest absolute Gasteiger partial charge is 0.482 e. The zero-order valence-corrected chi connectivity index (χ0v) is 21.4. The van der Waals surface area contributed by atoms with E-state index in [9.17, 15) is 9.59 Å². The van der Waals surface area contributed by atoms with Crippen molar-refractivity contribution >= 4 is 29.3 Å². The predicted molar refractivity (Wildman–Crippen MR) is 141 cm³/mol. The van der Waals surface area contributed by atoms with Gasteiger partial charge in [-0.25, -0.2) is 9.89 Å². The number of unbranched alkanes of at least 4 members (excludes halogenated alkanes) is 1. The lowest BCUT2D eigenvalue weighted by Crippen LogP contribution is -2.15. The molecule has 3 aromatic carbocycles. The van der Waals surface area contributed by atoms with Crippen LogP contribution in [0.2, 0.25) is 0 Å². The molecule has 0 aliphatic rings. The van der Waals surface area contributed by atoms with Crippen LogP contribution >= 0.6 is 11.8 Å². The van der Waals surface area contributed by atoms with Crippen molar-refractivity contribution in [2.45, 2.75) is 36.5 Å². The van der Waals surface area contributed by atoms with Crippen LogP contribution in [0.3, 0.4) is 0 Å². The number of nitrogens with one attached hydrogen (secondary N) is 2. The fourth-order valence-electron chi connectivity index (χ4n) is 3.48. The van der Waals surface area contributed by atoms with Crippen LogP contribution in [0.25, 0.3) is 11.4 Å². The minimum Gasteiger partial charge on any atom is -0.482 e.